The largest absolute Gasteiger partial charge is 0.452 e. The number of ether oxygens (including phenoxy) is 2. The van der Waals surface area contributed by atoms with E-state index in [1.807, 2.05) is 0 Å². The fraction of sp³-hybridized carbons (Fsp3) is 0.222. The molecule has 1 fully saturated rings. The number of nitrogens with one attached hydrogen (secondary N) is 1. The van der Waals surface area contributed by atoms with Crippen molar-refractivity contribution in [3.8, 4) is 0 Å². The topological polar surface area (TPSA) is 119 Å². The van der Waals surface area contributed by atoms with Crippen molar-refractivity contribution >= 4 is 38.9 Å². The van der Waals surface area contributed by atoms with Crippen molar-refractivity contribution < 1.29 is 45.4 Å². The summed E-state index contributed by atoms with van der Waals surface area (Å²) in [6, 6.07) is 12.1. The molecule has 3 aromatic carbocycles. The minimum Gasteiger partial charge on any atom is -0.452 e. The molecule has 1 N–H and O–H groups in total. The summed E-state index contributed by atoms with van der Waals surface area (Å²) < 4.78 is 76.4. The van der Waals surface area contributed by atoms with E-state index in [2.05, 4.69) is 5.32 Å². The number of esters is 1. The van der Waals surface area contributed by atoms with Gasteiger partial charge in [-0.15, -0.1) is 0 Å². The number of amides is 1. The van der Waals surface area contributed by atoms with Gasteiger partial charge in [0, 0.05) is 24.2 Å². The van der Waals surface area contributed by atoms with Crippen LogP contribution in [0, 0.1) is 0 Å². The van der Waals surface area contributed by atoms with Crippen molar-refractivity contribution in [2.45, 2.75) is 16.0 Å². The van der Waals surface area contributed by atoms with E-state index >= 15 is 0 Å². The second-order valence-corrected chi connectivity index (χ2v) is 10.9. The first kappa shape index (κ1) is 27.3. The first-order valence-electron chi connectivity index (χ1n) is 12.0. The maximum absolute atomic E-state index is 13.3. The summed E-state index contributed by atoms with van der Waals surface area (Å²) >= 11 is 0. The van der Waals surface area contributed by atoms with Crippen molar-refractivity contribution in [3.63, 3.8) is 0 Å². The van der Waals surface area contributed by atoms with E-state index in [0.29, 0.717) is 32.0 Å². The summed E-state index contributed by atoms with van der Waals surface area (Å²) in [4.78, 5) is 39.3. The van der Waals surface area contributed by atoms with Gasteiger partial charge in [-0.3, -0.25) is 9.59 Å². The van der Waals surface area contributed by atoms with Gasteiger partial charge < -0.3 is 19.7 Å². The summed E-state index contributed by atoms with van der Waals surface area (Å²) in [7, 11) is -4.11. The maximum Gasteiger partial charge on any atom is 0.416 e. The first-order valence-corrected chi connectivity index (χ1v) is 13.5. The summed E-state index contributed by atoms with van der Waals surface area (Å²) in [5.74, 6) is -2.48. The van der Waals surface area contributed by atoms with Crippen molar-refractivity contribution in [2.24, 2.45) is 0 Å². The average Bonchev–Trinajstić information content (AvgIpc) is 2.94. The smallest absolute Gasteiger partial charge is 0.416 e. The number of ketones is 1. The number of fused-ring (bicyclic) bond motifs is 2. The monoisotopic (exact) mass is 574 g/mol. The minimum absolute atomic E-state index is 0.0213. The molecule has 40 heavy (non-hydrogen) atoms. The molecule has 0 saturated carbocycles. The third kappa shape index (κ3) is 5.17. The average molecular weight is 575 g/mol. The highest BCUT2D eigenvalue weighted by molar-refractivity contribution is 7.91. The van der Waals surface area contributed by atoms with Gasteiger partial charge in [-0.25, -0.2) is 13.2 Å². The van der Waals surface area contributed by atoms with Gasteiger partial charge in [0.05, 0.1) is 45.5 Å². The molecule has 9 nitrogen and oxygen atoms in total. The summed E-state index contributed by atoms with van der Waals surface area (Å²) in [5.41, 5.74) is -1.05. The van der Waals surface area contributed by atoms with Crippen molar-refractivity contribution in [3.05, 3.63) is 82.9 Å². The Morgan fingerprint density at radius 1 is 0.950 bits per heavy atom. The lowest BCUT2D eigenvalue weighted by Gasteiger charge is -2.31. The van der Waals surface area contributed by atoms with Crippen molar-refractivity contribution in [2.75, 3.05) is 43.1 Å². The summed E-state index contributed by atoms with van der Waals surface area (Å²) in [6.45, 7) is 0.664. The van der Waals surface area contributed by atoms with Gasteiger partial charge in [-0.05, 0) is 48.5 Å². The predicted molar refractivity (Wildman–Crippen MR) is 135 cm³/mol. The highest BCUT2D eigenvalue weighted by atomic mass is 32.2. The molecule has 0 radical (unpaired) electrons. The summed E-state index contributed by atoms with van der Waals surface area (Å²) in [6.07, 6.45) is -4.65. The van der Waals surface area contributed by atoms with Gasteiger partial charge >= 0.3 is 12.1 Å². The molecular weight excluding hydrogens is 553 g/mol. The number of nitrogens with zero attached hydrogens (tertiary/aromatic N) is 1. The molecule has 0 atom stereocenters. The van der Waals surface area contributed by atoms with Gasteiger partial charge in [0.2, 0.25) is 9.84 Å². The zero-order chi connectivity index (χ0) is 28.7. The Morgan fingerprint density at radius 3 is 2.38 bits per heavy atom. The second kappa shape index (κ2) is 10.4. The molecule has 3 aromatic rings. The van der Waals surface area contributed by atoms with Crippen LogP contribution in [0.1, 0.15) is 31.8 Å². The number of hydrogen-bond donors (Lipinski definition) is 1. The van der Waals surface area contributed by atoms with E-state index < -0.39 is 45.8 Å². The molecule has 5 rings (SSSR count). The van der Waals surface area contributed by atoms with E-state index in [9.17, 15) is 36.0 Å². The molecule has 13 heteroatoms. The van der Waals surface area contributed by atoms with Crippen LogP contribution in [0.4, 0.5) is 24.5 Å². The SMILES string of the molecule is O=C(COC(=O)c1ccc2c(c1)S(=O)(=O)c1ccccc1C2=O)Nc1cc(C(F)(F)F)ccc1N1CCOCC1. The fourth-order valence-corrected chi connectivity index (χ4v) is 6.18. The van der Waals surface area contributed by atoms with Crippen molar-refractivity contribution in [1.82, 2.24) is 0 Å². The van der Waals surface area contributed by atoms with Crippen LogP contribution in [-0.4, -0.2) is 59.0 Å². The molecule has 0 bridgehead atoms. The van der Waals surface area contributed by atoms with Crippen LogP contribution >= 0.6 is 0 Å². The number of morpholine rings is 1. The zero-order valence-electron chi connectivity index (χ0n) is 20.7. The molecular formula is C27H21F3N2O7S. The van der Waals surface area contributed by atoms with E-state index in [-0.39, 0.29) is 32.2 Å². The Bertz CT molecular complexity index is 1630. The lowest BCUT2D eigenvalue weighted by Crippen LogP contribution is -2.37. The number of anilines is 2. The molecule has 2 aliphatic heterocycles. The Hall–Kier alpha value is -4.23. The number of halogens is 3. The number of alkyl halides is 3. The Labute approximate surface area is 226 Å². The van der Waals surface area contributed by atoms with Gasteiger partial charge in [0.1, 0.15) is 0 Å². The molecule has 1 amide bonds. The van der Waals surface area contributed by atoms with E-state index in [4.69, 9.17) is 9.47 Å². The van der Waals surface area contributed by atoms with Crippen molar-refractivity contribution in [1.29, 1.82) is 0 Å². The number of rotatable bonds is 5. The Morgan fingerprint density at radius 2 is 1.65 bits per heavy atom. The summed E-state index contributed by atoms with van der Waals surface area (Å²) in [5, 5.41) is 2.37. The van der Waals surface area contributed by atoms with Gasteiger partial charge in [-0.2, -0.15) is 13.2 Å². The minimum atomic E-state index is -4.65. The van der Waals surface area contributed by atoms with Crippen LogP contribution in [0.25, 0.3) is 0 Å². The zero-order valence-corrected chi connectivity index (χ0v) is 21.5. The third-order valence-corrected chi connectivity index (χ3v) is 8.31. The van der Waals surface area contributed by atoms with Crippen LogP contribution < -0.4 is 10.2 Å². The normalized spacial score (nSPS) is 16.1. The molecule has 0 aromatic heterocycles. The maximum atomic E-state index is 13.3. The number of benzene rings is 3. The molecule has 208 valence electrons. The highest BCUT2D eigenvalue weighted by Crippen LogP contribution is 2.36. The molecule has 0 spiro atoms. The van der Waals surface area contributed by atoms with E-state index in [0.717, 1.165) is 18.2 Å². The van der Waals surface area contributed by atoms with Gasteiger partial charge in [0.25, 0.3) is 5.91 Å². The van der Waals surface area contributed by atoms with Crippen LogP contribution in [0.5, 0.6) is 0 Å². The quantitative estimate of drug-likeness (QED) is 0.359. The lowest BCUT2D eigenvalue weighted by atomic mass is 10.0. The highest BCUT2D eigenvalue weighted by Gasteiger charge is 2.35. The molecule has 0 aliphatic carbocycles. The number of carbonyl (C=O) groups is 3. The predicted octanol–water partition coefficient (Wildman–Crippen LogP) is 3.71. The number of carbonyl (C=O) groups excluding carboxylic acids is 3. The molecule has 2 aliphatic rings. The fourth-order valence-electron chi connectivity index (χ4n) is 4.50. The van der Waals surface area contributed by atoms with Crippen LogP contribution in [0.15, 0.2) is 70.5 Å². The molecule has 0 unspecified atom stereocenters. The molecule has 1 saturated heterocycles. The van der Waals surface area contributed by atoms with Crippen LogP contribution in [0.3, 0.4) is 0 Å². The van der Waals surface area contributed by atoms with Crippen LogP contribution in [-0.2, 0) is 30.3 Å². The standard InChI is InChI=1S/C27H21F3N2O7S/c28-27(29,30)17-6-8-21(32-9-11-38-12-10-32)20(14-17)31-24(33)15-39-26(35)16-5-7-19-23(13-16)40(36,37)22-4-2-1-3-18(22)25(19)34/h1-8,13-14H,9-12,15H2,(H,31,33). The third-order valence-electron chi connectivity index (χ3n) is 6.46. The van der Waals surface area contributed by atoms with Gasteiger partial charge in [-0.1, -0.05) is 12.1 Å². The van der Waals surface area contributed by atoms with E-state index in [1.54, 1.807) is 4.90 Å². The number of sulfone groups is 1. The van der Waals surface area contributed by atoms with E-state index in [1.165, 1.54) is 42.5 Å². The Balaban J connectivity index is 1.33. The number of hydrogen-bond acceptors (Lipinski definition) is 8. The first-order chi connectivity index (χ1) is 19.0. The van der Waals surface area contributed by atoms with Crippen LogP contribution in [0.2, 0.25) is 0 Å². The Kier molecular flexibility index (Phi) is 7.10. The second-order valence-electron chi connectivity index (χ2n) is 8.99. The van der Waals surface area contributed by atoms with Gasteiger partial charge in [0.15, 0.2) is 12.4 Å². The molecule has 2 heterocycles. The lowest BCUT2D eigenvalue weighted by molar-refractivity contribution is -0.137.